The fraction of sp³-hybridized carbons (Fsp3) is 0.360. The highest BCUT2D eigenvalue weighted by molar-refractivity contribution is 5.98. The number of aromatic amines is 1. The van der Waals surface area contributed by atoms with Crippen LogP contribution in [0.2, 0.25) is 0 Å². The second-order valence-electron chi connectivity index (χ2n) is 8.86. The van der Waals surface area contributed by atoms with Crippen molar-refractivity contribution in [1.29, 1.82) is 0 Å². The van der Waals surface area contributed by atoms with Gasteiger partial charge < -0.3 is 25.3 Å². The summed E-state index contributed by atoms with van der Waals surface area (Å²) in [5.41, 5.74) is 4.77. The number of aromatic nitrogens is 1. The molecule has 7 heteroatoms. The van der Waals surface area contributed by atoms with Crippen LogP contribution >= 0.6 is 0 Å². The number of nitrogens with zero attached hydrogens (tertiary/aromatic N) is 1. The molecule has 1 fully saturated rings. The van der Waals surface area contributed by atoms with E-state index in [1.54, 1.807) is 0 Å². The maximum atomic E-state index is 13.1. The van der Waals surface area contributed by atoms with Crippen molar-refractivity contribution >= 4 is 22.7 Å². The molecule has 0 spiro atoms. The Balaban J connectivity index is 1.35. The van der Waals surface area contributed by atoms with E-state index in [2.05, 4.69) is 32.7 Å². The lowest BCUT2D eigenvalue weighted by atomic mass is 10.1. The first-order chi connectivity index (χ1) is 15.5. The van der Waals surface area contributed by atoms with Gasteiger partial charge in [0.05, 0.1) is 18.7 Å². The van der Waals surface area contributed by atoms with Crippen LogP contribution in [0.4, 0.5) is 0 Å². The van der Waals surface area contributed by atoms with Crippen LogP contribution in [-0.4, -0.2) is 60.6 Å². The molecule has 3 atom stereocenters. The van der Waals surface area contributed by atoms with Gasteiger partial charge in [0.15, 0.2) is 0 Å². The van der Waals surface area contributed by atoms with Gasteiger partial charge in [0.1, 0.15) is 11.8 Å². The van der Waals surface area contributed by atoms with Crippen molar-refractivity contribution in [3.8, 4) is 0 Å². The van der Waals surface area contributed by atoms with Gasteiger partial charge in [-0.15, -0.1) is 0 Å². The molecule has 0 bridgehead atoms. The lowest BCUT2D eigenvalue weighted by molar-refractivity contribution is -0.138. The van der Waals surface area contributed by atoms with Crippen LogP contribution in [0.25, 0.3) is 10.9 Å². The molecule has 1 aliphatic heterocycles. The first kappa shape index (κ1) is 20.7. The van der Waals surface area contributed by atoms with Gasteiger partial charge in [0.2, 0.25) is 0 Å². The minimum atomic E-state index is -0.505. The molecular formula is C25H28N4O3. The molecule has 166 valence electrons. The minimum Gasteiger partial charge on any atom is -0.366 e. The Morgan fingerprint density at radius 1 is 1.12 bits per heavy atom. The first-order valence-electron chi connectivity index (χ1n) is 11.1. The third-order valence-corrected chi connectivity index (χ3v) is 6.43. The highest BCUT2D eigenvalue weighted by Gasteiger charge is 2.37. The summed E-state index contributed by atoms with van der Waals surface area (Å²) in [5.74, 6) is -0.317. The summed E-state index contributed by atoms with van der Waals surface area (Å²) in [4.78, 5) is 31.4. The van der Waals surface area contributed by atoms with Crippen LogP contribution in [0, 0.1) is 6.92 Å². The van der Waals surface area contributed by atoms with Gasteiger partial charge in [0.25, 0.3) is 11.8 Å². The van der Waals surface area contributed by atoms with E-state index in [0.717, 1.165) is 34.1 Å². The average molecular weight is 433 g/mol. The van der Waals surface area contributed by atoms with E-state index in [1.165, 1.54) is 0 Å². The fourth-order valence-electron chi connectivity index (χ4n) is 4.71. The maximum absolute atomic E-state index is 13.1. The number of H-pyrrole nitrogens is 1. The number of carbonyl (C=O) groups is 2. The van der Waals surface area contributed by atoms with Crippen molar-refractivity contribution in [2.45, 2.75) is 31.5 Å². The van der Waals surface area contributed by atoms with Gasteiger partial charge in [0, 0.05) is 24.0 Å². The van der Waals surface area contributed by atoms with Crippen molar-refractivity contribution in [1.82, 2.24) is 20.5 Å². The zero-order valence-corrected chi connectivity index (χ0v) is 18.4. The average Bonchev–Trinajstić information content (AvgIpc) is 3.35. The summed E-state index contributed by atoms with van der Waals surface area (Å²) in [7, 11) is 1.98. The van der Waals surface area contributed by atoms with Gasteiger partial charge >= 0.3 is 0 Å². The number of aryl methyl sites for hydroxylation is 1. The number of benzene rings is 2. The standard InChI is InChI=1S/C25H28N4O3/c1-15-7-8-19-17(11-15)13-21(26-19)24(30)27-20-12-16-5-3-4-6-18(16)23(20)28-25(31)22-14-29(2)9-10-32-22/h3-8,11,13,20,22-23,26H,9-10,12,14H2,1-2H3,(H,27,30)(H,28,31)/t20-,22-,23-/m0/s1. The molecule has 0 unspecified atom stereocenters. The molecule has 0 radical (unpaired) electrons. The molecule has 2 heterocycles. The zero-order valence-electron chi connectivity index (χ0n) is 18.4. The summed E-state index contributed by atoms with van der Waals surface area (Å²) in [5, 5.41) is 7.31. The van der Waals surface area contributed by atoms with Crippen LogP contribution in [-0.2, 0) is 16.0 Å². The third kappa shape index (κ3) is 4.01. The molecule has 3 aromatic rings. The first-order valence-corrected chi connectivity index (χ1v) is 11.1. The van der Waals surface area contributed by atoms with Gasteiger partial charge in [-0.2, -0.15) is 0 Å². The number of nitrogens with one attached hydrogen (secondary N) is 3. The van der Waals surface area contributed by atoms with Crippen molar-refractivity contribution in [2.24, 2.45) is 0 Å². The Morgan fingerprint density at radius 3 is 2.81 bits per heavy atom. The third-order valence-electron chi connectivity index (χ3n) is 6.43. The topological polar surface area (TPSA) is 86.5 Å². The Bertz CT molecular complexity index is 1170. The predicted molar refractivity (Wildman–Crippen MR) is 123 cm³/mol. The number of amides is 2. The Labute approximate surface area is 187 Å². The highest BCUT2D eigenvalue weighted by atomic mass is 16.5. The quantitative estimate of drug-likeness (QED) is 0.591. The van der Waals surface area contributed by atoms with E-state index in [-0.39, 0.29) is 23.9 Å². The van der Waals surface area contributed by atoms with Crippen LogP contribution in [0.3, 0.4) is 0 Å². The largest absolute Gasteiger partial charge is 0.366 e. The summed E-state index contributed by atoms with van der Waals surface area (Å²) in [6.45, 7) is 3.95. The molecule has 2 aliphatic rings. The van der Waals surface area contributed by atoms with E-state index in [4.69, 9.17) is 4.74 Å². The fourth-order valence-corrected chi connectivity index (χ4v) is 4.71. The van der Waals surface area contributed by atoms with Crippen LogP contribution in [0.1, 0.15) is 33.2 Å². The Morgan fingerprint density at radius 2 is 1.97 bits per heavy atom. The summed E-state index contributed by atoms with van der Waals surface area (Å²) in [6.07, 6.45) is 0.160. The van der Waals surface area contributed by atoms with Crippen LogP contribution < -0.4 is 10.6 Å². The molecule has 1 saturated heterocycles. The van der Waals surface area contributed by atoms with Crippen LogP contribution in [0.5, 0.6) is 0 Å². The summed E-state index contributed by atoms with van der Waals surface area (Å²) in [6, 6.07) is 15.4. The number of carbonyl (C=O) groups excluding carboxylic acids is 2. The van der Waals surface area contributed by atoms with Crippen molar-refractivity contribution in [3.05, 3.63) is 70.9 Å². The minimum absolute atomic E-state index is 0.140. The molecule has 3 N–H and O–H groups in total. The van der Waals surface area contributed by atoms with Crippen LogP contribution in [0.15, 0.2) is 48.5 Å². The molecule has 2 amide bonds. The van der Waals surface area contributed by atoms with Crippen molar-refractivity contribution in [2.75, 3.05) is 26.7 Å². The zero-order chi connectivity index (χ0) is 22.2. The maximum Gasteiger partial charge on any atom is 0.268 e. The van der Waals surface area contributed by atoms with E-state index in [0.29, 0.717) is 25.3 Å². The molecule has 1 aliphatic carbocycles. The lowest BCUT2D eigenvalue weighted by Crippen LogP contribution is -2.52. The van der Waals surface area contributed by atoms with Gasteiger partial charge in [-0.25, -0.2) is 0 Å². The SMILES string of the molecule is Cc1ccc2[nH]c(C(=O)N[C@H]3Cc4ccccc4[C@@H]3NC(=O)[C@@H]3CN(C)CCO3)cc2c1. The Hall–Kier alpha value is -3.16. The number of likely N-dealkylation sites (N-methyl/N-ethyl adjacent to an activating group) is 1. The van der Waals surface area contributed by atoms with Crippen molar-refractivity contribution in [3.63, 3.8) is 0 Å². The van der Waals surface area contributed by atoms with E-state index >= 15 is 0 Å². The molecule has 5 rings (SSSR count). The summed E-state index contributed by atoms with van der Waals surface area (Å²) < 4.78 is 5.69. The number of ether oxygens (including phenoxy) is 1. The smallest absolute Gasteiger partial charge is 0.268 e. The monoisotopic (exact) mass is 432 g/mol. The molecule has 7 nitrogen and oxygen atoms in total. The number of morpholine rings is 1. The van der Waals surface area contributed by atoms with E-state index in [9.17, 15) is 9.59 Å². The molecule has 0 saturated carbocycles. The van der Waals surface area contributed by atoms with Gasteiger partial charge in [-0.1, -0.05) is 35.9 Å². The molecule has 1 aromatic heterocycles. The second kappa shape index (κ2) is 8.41. The van der Waals surface area contributed by atoms with E-state index < -0.39 is 6.10 Å². The predicted octanol–water partition coefficient (Wildman–Crippen LogP) is 2.32. The molecule has 2 aromatic carbocycles. The highest BCUT2D eigenvalue weighted by Crippen LogP contribution is 2.32. The second-order valence-corrected chi connectivity index (χ2v) is 8.86. The lowest BCUT2D eigenvalue weighted by Gasteiger charge is -2.31. The number of hydrogen-bond acceptors (Lipinski definition) is 4. The summed E-state index contributed by atoms with van der Waals surface area (Å²) >= 11 is 0. The molecular weight excluding hydrogens is 404 g/mol. The van der Waals surface area contributed by atoms with Gasteiger partial charge in [-0.3, -0.25) is 9.59 Å². The molecule has 32 heavy (non-hydrogen) atoms. The van der Waals surface area contributed by atoms with Crippen molar-refractivity contribution < 1.29 is 14.3 Å². The Kier molecular flexibility index (Phi) is 5.45. The normalized spacial score (nSPS) is 23.1. The van der Waals surface area contributed by atoms with Gasteiger partial charge in [-0.05, 0) is 49.7 Å². The number of hydrogen-bond donors (Lipinski definition) is 3. The number of rotatable bonds is 4. The number of fused-ring (bicyclic) bond motifs is 2. The van der Waals surface area contributed by atoms with E-state index in [1.807, 2.05) is 50.4 Å².